The number of hydrogen-bond acceptors (Lipinski definition) is 3. The Bertz CT molecular complexity index is 907. The molecule has 2 aromatic rings. The molecule has 0 aliphatic heterocycles. The fourth-order valence-corrected chi connectivity index (χ4v) is 3.76. The van der Waals surface area contributed by atoms with Gasteiger partial charge in [0.1, 0.15) is 17.5 Å². The molecule has 0 spiro atoms. The molecule has 2 N–H and O–H groups in total. The van der Waals surface area contributed by atoms with Gasteiger partial charge in [-0.2, -0.15) is 0 Å². The van der Waals surface area contributed by atoms with Crippen molar-refractivity contribution in [3.8, 4) is 5.88 Å². The van der Waals surface area contributed by atoms with Gasteiger partial charge in [0.15, 0.2) is 11.7 Å². The smallest absolute Gasteiger partial charge is 0.306 e. The molecule has 0 aromatic carbocycles. The number of nitrogens with zero attached hydrogens (tertiary/aromatic N) is 2. The minimum absolute atomic E-state index is 0.112. The third-order valence-corrected chi connectivity index (χ3v) is 5.33. The molecule has 1 atom stereocenters. The van der Waals surface area contributed by atoms with E-state index in [0.29, 0.717) is 28.6 Å². The molecule has 6 heteroatoms. The molecule has 1 fully saturated rings. The third kappa shape index (κ3) is 4.50. The Morgan fingerprint density at radius 3 is 2.89 bits per heavy atom. The maximum atomic E-state index is 12.9. The zero-order valence-corrected chi connectivity index (χ0v) is 16.7. The highest BCUT2D eigenvalue weighted by Gasteiger charge is 2.25. The quantitative estimate of drug-likeness (QED) is 0.436. The molecule has 0 bridgehead atoms. The highest BCUT2D eigenvalue weighted by atomic mass is 16.5. The number of amides is 1. The van der Waals surface area contributed by atoms with E-state index in [9.17, 15) is 4.79 Å². The van der Waals surface area contributed by atoms with E-state index in [4.69, 9.17) is 4.74 Å². The standard InChI is InChI=1S/C22H28N4O2/c1-5-6-10-15(2)28-19-14-26(4)21-20(25-19)18(13-23-21)22(27)24-16(3)17-11-8-7-9-12-17/h5-6,10,13-14,16-17H,1-2,7-9,11-12H2,3-4H3,(H,24,27)/p+1. The lowest BCUT2D eigenvalue weighted by Crippen LogP contribution is -2.39. The van der Waals surface area contributed by atoms with Crippen LogP contribution in [0.5, 0.6) is 5.88 Å². The highest BCUT2D eigenvalue weighted by Crippen LogP contribution is 2.26. The van der Waals surface area contributed by atoms with Gasteiger partial charge in [-0.1, -0.05) is 44.6 Å². The summed E-state index contributed by atoms with van der Waals surface area (Å²) in [6.45, 7) is 9.56. The van der Waals surface area contributed by atoms with E-state index in [1.807, 2.05) is 11.6 Å². The molecule has 1 amide bonds. The van der Waals surface area contributed by atoms with Crippen LogP contribution in [0.15, 0.2) is 49.5 Å². The summed E-state index contributed by atoms with van der Waals surface area (Å²) in [6.07, 6.45) is 14.7. The lowest BCUT2D eigenvalue weighted by Gasteiger charge is -2.28. The molecule has 148 valence electrons. The van der Waals surface area contributed by atoms with Crippen LogP contribution in [0.4, 0.5) is 0 Å². The third-order valence-electron chi connectivity index (χ3n) is 5.33. The zero-order valence-electron chi connectivity index (χ0n) is 16.7. The van der Waals surface area contributed by atoms with Crippen molar-refractivity contribution < 1.29 is 14.1 Å². The Balaban J connectivity index is 1.80. The van der Waals surface area contributed by atoms with E-state index in [1.54, 1.807) is 30.6 Å². The molecule has 6 nitrogen and oxygen atoms in total. The molecular weight excluding hydrogens is 352 g/mol. The molecule has 28 heavy (non-hydrogen) atoms. The minimum Gasteiger partial charge on any atom is -0.437 e. The van der Waals surface area contributed by atoms with Gasteiger partial charge < -0.3 is 10.1 Å². The molecule has 2 aromatic heterocycles. The van der Waals surface area contributed by atoms with Crippen molar-refractivity contribution in [3.05, 3.63) is 55.1 Å². The summed E-state index contributed by atoms with van der Waals surface area (Å²) in [6, 6.07) is 0.148. The fraction of sp³-hybridized carbons (Fsp3) is 0.409. The van der Waals surface area contributed by atoms with Crippen molar-refractivity contribution in [3.63, 3.8) is 0 Å². The summed E-state index contributed by atoms with van der Waals surface area (Å²) in [5, 5.41) is 3.16. The highest BCUT2D eigenvalue weighted by molar-refractivity contribution is 6.04. The first kappa shape index (κ1) is 19.9. The van der Waals surface area contributed by atoms with E-state index < -0.39 is 0 Å². The van der Waals surface area contributed by atoms with Crippen LogP contribution < -0.4 is 14.6 Å². The summed E-state index contributed by atoms with van der Waals surface area (Å²) in [5.74, 6) is 1.26. The summed E-state index contributed by atoms with van der Waals surface area (Å²) >= 11 is 0. The lowest BCUT2D eigenvalue weighted by molar-refractivity contribution is -0.647. The van der Waals surface area contributed by atoms with Crippen molar-refractivity contribution in [1.29, 1.82) is 0 Å². The van der Waals surface area contributed by atoms with Crippen LogP contribution in [-0.4, -0.2) is 21.9 Å². The number of nitrogens with one attached hydrogen (secondary N) is 2. The maximum Gasteiger partial charge on any atom is 0.306 e. The van der Waals surface area contributed by atoms with Gasteiger partial charge in [-0.15, -0.1) is 0 Å². The Kier molecular flexibility index (Phi) is 6.29. The Hall–Kier alpha value is -2.89. The van der Waals surface area contributed by atoms with Crippen LogP contribution >= 0.6 is 0 Å². The number of ether oxygens (including phenoxy) is 1. The molecule has 3 rings (SSSR count). The number of fused-ring (bicyclic) bond motifs is 1. The zero-order chi connectivity index (χ0) is 20.1. The van der Waals surface area contributed by atoms with Gasteiger partial charge in [0.2, 0.25) is 0 Å². The van der Waals surface area contributed by atoms with Crippen molar-refractivity contribution in [2.24, 2.45) is 13.0 Å². The number of allylic oxidation sites excluding steroid dienone is 3. The molecule has 1 aliphatic rings. The molecule has 1 aliphatic carbocycles. The van der Waals surface area contributed by atoms with E-state index in [2.05, 4.69) is 35.4 Å². The first-order valence-electron chi connectivity index (χ1n) is 9.84. The van der Waals surface area contributed by atoms with Gasteiger partial charge in [0, 0.05) is 6.04 Å². The molecule has 0 radical (unpaired) electrons. The number of aromatic nitrogens is 3. The fourth-order valence-electron chi connectivity index (χ4n) is 3.76. The SMILES string of the molecule is C=CC=CC(=C)Oc1c[n+](C)c2[nH]cc(C(=O)NC(C)C3CCCCC3)c2n1. The van der Waals surface area contributed by atoms with Gasteiger partial charge in [0.25, 0.3) is 11.8 Å². The average molecular weight is 382 g/mol. The Labute approximate surface area is 166 Å². The average Bonchev–Trinajstić information content (AvgIpc) is 3.11. The number of carbonyl (C=O) groups is 1. The molecule has 1 saturated carbocycles. The van der Waals surface area contributed by atoms with Crippen molar-refractivity contribution in [1.82, 2.24) is 15.3 Å². The number of rotatable bonds is 7. The van der Waals surface area contributed by atoms with Crippen molar-refractivity contribution in [2.75, 3.05) is 0 Å². The summed E-state index contributed by atoms with van der Waals surface area (Å²) in [7, 11) is 1.88. The van der Waals surface area contributed by atoms with Crippen molar-refractivity contribution >= 4 is 17.1 Å². The van der Waals surface area contributed by atoms with E-state index in [-0.39, 0.29) is 11.9 Å². The monoisotopic (exact) mass is 381 g/mol. The predicted octanol–water partition coefficient (Wildman–Crippen LogP) is 3.72. The van der Waals surface area contributed by atoms with E-state index >= 15 is 0 Å². The van der Waals surface area contributed by atoms with E-state index in [0.717, 1.165) is 5.65 Å². The van der Waals surface area contributed by atoms with Crippen LogP contribution in [0.2, 0.25) is 0 Å². The Morgan fingerprint density at radius 1 is 1.43 bits per heavy atom. The number of H-pyrrole nitrogens is 1. The maximum absolute atomic E-state index is 12.9. The molecule has 1 unspecified atom stereocenters. The summed E-state index contributed by atoms with van der Waals surface area (Å²) < 4.78 is 7.53. The lowest BCUT2D eigenvalue weighted by atomic mass is 9.84. The van der Waals surface area contributed by atoms with Gasteiger partial charge in [0.05, 0.1) is 7.05 Å². The van der Waals surface area contributed by atoms with Crippen LogP contribution in [-0.2, 0) is 7.05 Å². The Morgan fingerprint density at radius 2 is 2.18 bits per heavy atom. The summed E-state index contributed by atoms with van der Waals surface area (Å²) in [4.78, 5) is 20.6. The molecule has 2 heterocycles. The second-order valence-corrected chi connectivity index (χ2v) is 7.41. The van der Waals surface area contributed by atoms with E-state index in [1.165, 1.54) is 32.1 Å². The minimum atomic E-state index is -0.112. The van der Waals surface area contributed by atoms with Gasteiger partial charge >= 0.3 is 5.65 Å². The molecular formula is C22H29N4O2+. The summed E-state index contributed by atoms with van der Waals surface area (Å²) in [5.41, 5.74) is 1.86. The van der Waals surface area contributed by atoms with Crippen LogP contribution in [0.3, 0.4) is 0 Å². The topological polar surface area (TPSA) is 70.9 Å². The van der Waals surface area contributed by atoms with Crippen LogP contribution in [0.1, 0.15) is 49.4 Å². The van der Waals surface area contributed by atoms with Gasteiger partial charge in [-0.05, 0) is 31.8 Å². The van der Waals surface area contributed by atoms with Crippen molar-refractivity contribution in [2.45, 2.75) is 45.1 Å². The number of hydrogen-bond donors (Lipinski definition) is 2. The van der Waals surface area contributed by atoms with Gasteiger partial charge in [-0.25, -0.2) is 14.5 Å². The number of aromatic amines is 1. The first-order valence-corrected chi connectivity index (χ1v) is 9.84. The first-order chi connectivity index (χ1) is 13.5. The number of carbonyl (C=O) groups excluding carboxylic acids is 1. The predicted molar refractivity (Wildman–Crippen MR) is 110 cm³/mol. The second-order valence-electron chi connectivity index (χ2n) is 7.41. The van der Waals surface area contributed by atoms with Crippen LogP contribution in [0, 0.1) is 5.92 Å². The largest absolute Gasteiger partial charge is 0.437 e. The molecule has 0 saturated heterocycles. The normalized spacial score (nSPS) is 16.2. The second kappa shape index (κ2) is 8.87. The van der Waals surface area contributed by atoms with Crippen LogP contribution in [0.25, 0.3) is 11.2 Å². The van der Waals surface area contributed by atoms with Gasteiger partial charge in [-0.3, -0.25) is 4.79 Å². The number of aryl methyl sites for hydroxylation is 1.